The minimum absolute atomic E-state index is 0.0335. The number of benzene rings is 1. The Morgan fingerprint density at radius 2 is 2.13 bits per heavy atom. The van der Waals surface area contributed by atoms with Crippen LogP contribution in [0.15, 0.2) is 18.2 Å². The molecule has 0 saturated carbocycles. The van der Waals surface area contributed by atoms with Crippen LogP contribution in [0.5, 0.6) is 5.75 Å². The predicted octanol–water partition coefficient (Wildman–Crippen LogP) is 1.66. The molecule has 2 atom stereocenters. The molecule has 15 heavy (non-hydrogen) atoms. The second-order valence-electron chi connectivity index (χ2n) is 3.90. The first-order chi connectivity index (χ1) is 7.26. The van der Waals surface area contributed by atoms with E-state index < -0.39 is 0 Å². The maximum atomic E-state index is 6.14. The molecule has 1 aromatic rings. The second-order valence-corrected chi connectivity index (χ2v) is 3.90. The van der Waals surface area contributed by atoms with Gasteiger partial charge in [-0.2, -0.15) is 0 Å². The Morgan fingerprint density at radius 1 is 1.33 bits per heavy atom. The summed E-state index contributed by atoms with van der Waals surface area (Å²) in [4.78, 5) is 0. The molecular formula is C12H17NO2. The molecule has 0 radical (unpaired) electrons. The standard InChI is InChI=1S/C12H17NO2/c1-14-9-5-3-8-4-6-11(15-2)12(13)10(8)7-9/h3,5,7,11-12H,4,6,13H2,1-2H3/t11-,12+/m1/s1. The monoisotopic (exact) mass is 207 g/mol. The van der Waals surface area contributed by atoms with E-state index in [1.807, 2.05) is 12.1 Å². The minimum Gasteiger partial charge on any atom is -0.497 e. The lowest BCUT2D eigenvalue weighted by atomic mass is 9.86. The lowest BCUT2D eigenvalue weighted by molar-refractivity contribution is 0.0678. The lowest BCUT2D eigenvalue weighted by Crippen LogP contribution is -2.32. The maximum absolute atomic E-state index is 6.14. The summed E-state index contributed by atoms with van der Waals surface area (Å²) in [6.07, 6.45) is 2.16. The number of methoxy groups -OCH3 is 2. The summed E-state index contributed by atoms with van der Waals surface area (Å²) in [5, 5.41) is 0. The van der Waals surface area contributed by atoms with Crippen molar-refractivity contribution in [3.63, 3.8) is 0 Å². The maximum Gasteiger partial charge on any atom is 0.119 e. The topological polar surface area (TPSA) is 44.5 Å². The molecular weight excluding hydrogens is 190 g/mol. The highest BCUT2D eigenvalue weighted by atomic mass is 16.5. The van der Waals surface area contributed by atoms with Gasteiger partial charge in [0.05, 0.1) is 19.3 Å². The van der Waals surface area contributed by atoms with E-state index in [0.29, 0.717) is 0 Å². The van der Waals surface area contributed by atoms with Gasteiger partial charge in [0, 0.05) is 7.11 Å². The zero-order valence-electron chi connectivity index (χ0n) is 9.19. The molecule has 0 fully saturated rings. The van der Waals surface area contributed by atoms with Gasteiger partial charge in [-0.15, -0.1) is 0 Å². The number of ether oxygens (including phenoxy) is 2. The smallest absolute Gasteiger partial charge is 0.119 e. The van der Waals surface area contributed by atoms with Crippen molar-refractivity contribution in [2.45, 2.75) is 25.0 Å². The highest BCUT2D eigenvalue weighted by molar-refractivity contribution is 5.39. The number of fused-ring (bicyclic) bond motifs is 1. The van der Waals surface area contributed by atoms with Gasteiger partial charge in [0.25, 0.3) is 0 Å². The second kappa shape index (κ2) is 4.21. The van der Waals surface area contributed by atoms with Crippen LogP contribution in [0.1, 0.15) is 23.6 Å². The Hall–Kier alpha value is -1.06. The van der Waals surface area contributed by atoms with Gasteiger partial charge in [0.2, 0.25) is 0 Å². The van der Waals surface area contributed by atoms with Crippen molar-refractivity contribution in [3.8, 4) is 5.75 Å². The van der Waals surface area contributed by atoms with Gasteiger partial charge in [-0.3, -0.25) is 0 Å². The predicted molar refractivity (Wildman–Crippen MR) is 59.0 cm³/mol. The summed E-state index contributed by atoms with van der Waals surface area (Å²) >= 11 is 0. The number of hydrogen-bond donors (Lipinski definition) is 1. The number of rotatable bonds is 2. The van der Waals surface area contributed by atoms with Crippen molar-refractivity contribution in [2.24, 2.45) is 5.73 Å². The first-order valence-corrected chi connectivity index (χ1v) is 5.21. The minimum atomic E-state index is -0.0335. The summed E-state index contributed by atoms with van der Waals surface area (Å²) in [7, 11) is 3.39. The van der Waals surface area contributed by atoms with Crippen LogP contribution in [-0.2, 0) is 11.2 Å². The summed E-state index contributed by atoms with van der Waals surface area (Å²) in [6.45, 7) is 0. The third-order valence-corrected chi connectivity index (χ3v) is 3.11. The third-order valence-electron chi connectivity index (χ3n) is 3.11. The van der Waals surface area contributed by atoms with Crippen molar-refractivity contribution >= 4 is 0 Å². The van der Waals surface area contributed by atoms with E-state index in [0.717, 1.165) is 24.2 Å². The van der Waals surface area contributed by atoms with Crippen LogP contribution in [0.4, 0.5) is 0 Å². The van der Waals surface area contributed by atoms with E-state index in [1.54, 1.807) is 14.2 Å². The molecule has 0 bridgehead atoms. The summed E-state index contributed by atoms with van der Waals surface area (Å²) in [6, 6.07) is 6.07. The van der Waals surface area contributed by atoms with E-state index >= 15 is 0 Å². The molecule has 1 aliphatic rings. The normalized spacial score (nSPS) is 24.7. The van der Waals surface area contributed by atoms with Crippen LogP contribution >= 0.6 is 0 Å². The van der Waals surface area contributed by atoms with Crippen molar-refractivity contribution in [3.05, 3.63) is 29.3 Å². The SMILES string of the molecule is COc1ccc2c(c1)[C@H](N)[C@H](OC)CC2. The molecule has 0 aliphatic heterocycles. The molecule has 82 valence electrons. The molecule has 0 aromatic heterocycles. The molecule has 1 aliphatic carbocycles. The van der Waals surface area contributed by atoms with Crippen LogP contribution in [0.25, 0.3) is 0 Å². The number of nitrogens with two attached hydrogens (primary N) is 1. The molecule has 2 rings (SSSR count). The highest BCUT2D eigenvalue weighted by Gasteiger charge is 2.26. The third kappa shape index (κ3) is 1.85. The fourth-order valence-electron chi connectivity index (χ4n) is 2.18. The van der Waals surface area contributed by atoms with Crippen molar-refractivity contribution in [1.82, 2.24) is 0 Å². The molecule has 2 N–H and O–H groups in total. The molecule has 1 aromatic carbocycles. The van der Waals surface area contributed by atoms with Gasteiger partial charge in [0.15, 0.2) is 0 Å². The quantitative estimate of drug-likeness (QED) is 0.802. The molecule has 0 heterocycles. The molecule has 0 amide bonds. The van der Waals surface area contributed by atoms with Crippen LogP contribution in [0, 0.1) is 0 Å². The average Bonchev–Trinajstić information content (AvgIpc) is 2.29. The average molecular weight is 207 g/mol. The van der Waals surface area contributed by atoms with Crippen LogP contribution in [0.3, 0.4) is 0 Å². The Kier molecular flexibility index (Phi) is 2.93. The Bertz CT molecular complexity index is 351. The molecule has 0 unspecified atom stereocenters. The number of hydrogen-bond acceptors (Lipinski definition) is 3. The number of aryl methyl sites for hydroxylation is 1. The lowest BCUT2D eigenvalue weighted by Gasteiger charge is -2.30. The van der Waals surface area contributed by atoms with E-state index in [2.05, 4.69) is 6.07 Å². The summed E-state index contributed by atoms with van der Waals surface area (Å²) in [5.41, 5.74) is 8.62. The van der Waals surface area contributed by atoms with Gasteiger partial charge < -0.3 is 15.2 Å². The zero-order valence-corrected chi connectivity index (χ0v) is 9.19. The fourth-order valence-corrected chi connectivity index (χ4v) is 2.18. The van der Waals surface area contributed by atoms with E-state index in [1.165, 1.54) is 5.56 Å². The first-order valence-electron chi connectivity index (χ1n) is 5.21. The van der Waals surface area contributed by atoms with Crippen LogP contribution in [-0.4, -0.2) is 20.3 Å². The Balaban J connectivity index is 2.35. The van der Waals surface area contributed by atoms with Crippen LogP contribution < -0.4 is 10.5 Å². The fraction of sp³-hybridized carbons (Fsp3) is 0.500. The summed E-state index contributed by atoms with van der Waals surface area (Å²) in [5.74, 6) is 0.862. The molecule has 3 nitrogen and oxygen atoms in total. The highest BCUT2D eigenvalue weighted by Crippen LogP contribution is 2.32. The summed E-state index contributed by atoms with van der Waals surface area (Å²) < 4.78 is 10.6. The Morgan fingerprint density at radius 3 is 2.80 bits per heavy atom. The van der Waals surface area contributed by atoms with E-state index in [9.17, 15) is 0 Å². The van der Waals surface area contributed by atoms with Gasteiger partial charge in [-0.1, -0.05) is 6.07 Å². The van der Waals surface area contributed by atoms with Crippen LogP contribution in [0.2, 0.25) is 0 Å². The largest absolute Gasteiger partial charge is 0.497 e. The zero-order chi connectivity index (χ0) is 10.8. The van der Waals surface area contributed by atoms with Gasteiger partial charge in [-0.05, 0) is 36.1 Å². The van der Waals surface area contributed by atoms with Gasteiger partial charge in [0.1, 0.15) is 5.75 Å². The van der Waals surface area contributed by atoms with Gasteiger partial charge in [-0.25, -0.2) is 0 Å². The van der Waals surface area contributed by atoms with Crippen molar-refractivity contribution in [2.75, 3.05) is 14.2 Å². The first kappa shape index (κ1) is 10.5. The Labute approximate surface area is 90.2 Å². The van der Waals surface area contributed by atoms with Crippen molar-refractivity contribution in [1.29, 1.82) is 0 Å². The molecule has 0 spiro atoms. The van der Waals surface area contributed by atoms with E-state index in [-0.39, 0.29) is 12.1 Å². The van der Waals surface area contributed by atoms with Crippen molar-refractivity contribution < 1.29 is 9.47 Å². The van der Waals surface area contributed by atoms with E-state index in [4.69, 9.17) is 15.2 Å². The molecule has 3 heteroatoms. The molecule has 0 saturated heterocycles. The van der Waals surface area contributed by atoms with Gasteiger partial charge >= 0.3 is 0 Å².